The summed E-state index contributed by atoms with van der Waals surface area (Å²) < 4.78 is 16.6. The van der Waals surface area contributed by atoms with Gasteiger partial charge in [-0.05, 0) is 0 Å². The zero-order valence-electron chi connectivity index (χ0n) is 23.0. The Morgan fingerprint density at radius 1 is 0.976 bits per heavy atom. The van der Waals surface area contributed by atoms with Crippen LogP contribution in [0.25, 0.3) is 0 Å². The number of aliphatic carboxylic acids is 2. The summed E-state index contributed by atoms with van der Waals surface area (Å²) in [4.78, 5) is 60.2. The van der Waals surface area contributed by atoms with Crippen LogP contribution < -0.4 is 40.4 Å². The van der Waals surface area contributed by atoms with E-state index >= 15 is 0 Å². The Bertz CT molecular complexity index is 1300. The van der Waals surface area contributed by atoms with Crippen LogP contribution >= 0.6 is 10.2 Å². The fourth-order valence-electron chi connectivity index (χ4n) is 3.36. The maximum absolute atomic E-state index is 13.3. The van der Waals surface area contributed by atoms with Crippen molar-refractivity contribution in [1.29, 1.82) is 0 Å². The van der Waals surface area contributed by atoms with E-state index in [1.807, 2.05) is 0 Å². The van der Waals surface area contributed by atoms with Crippen LogP contribution in [0.5, 0.6) is 17.2 Å². The van der Waals surface area contributed by atoms with Crippen LogP contribution in [0, 0.1) is 0 Å². The van der Waals surface area contributed by atoms with Crippen molar-refractivity contribution in [2.24, 2.45) is 5.73 Å². The van der Waals surface area contributed by atoms with Crippen LogP contribution in [0.4, 0.5) is 5.69 Å². The number of methoxy groups -OCH3 is 3. The third-order valence-electron chi connectivity index (χ3n) is 5.53. The van der Waals surface area contributed by atoms with Crippen molar-refractivity contribution in [2.75, 3.05) is 38.9 Å². The van der Waals surface area contributed by atoms with E-state index in [1.165, 1.54) is 31.5 Å². The minimum absolute atomic E-state index is 0.0248. The van der Waals surface area contributed by atoms with Gasteiger partial charge in [-0.1, -0.05) is 0 Å². The SMILES string of the molecule is COc1ccc(NC(=O)c2cccc(OC)c2[Se]SC[C@@H](NC(=O)CC[C@@H](N)C(=O)O)C(=O)NCC(=O)O)cc1OC. The Balaban J connectivity index is 2.18. The van der Waals surface area contributed by atoms with Crippen LogP contribution in [0.15, 0.2) is 36.4 Å². The standard InChI is InChI=1S/C26H32N4O10SSe/c1-38-18-9-7-14(11-20(18)40-3)29-24(34)15-5-4-6-19(39-2)23(15)42-41-13-17(25(35)28-12-22(32)33)30-21(31)10-8-16(27)26(36)37/h4-7,9,11,16-17H,8,10,12-13,27H2,1-3H3,(H,28,35)(H,29,34)(H,30,31)(H,32,33)(H,36,37)/t16-,17-/m1/s1. The molecule has 2 aromatic carbocycles. The third-order valence-corrected chi connectivity index (χ3v) is 9.81. The second kappa shape index (κ2) is 17.1. The molecule has 0 spiro atoms. The number of hydrogen-bond acceptors (Lipinski definition) is 10. The van der Waals surface area contributed by atoms with E-state index in [0.29, 0.717) is 33.0 Å². The molecule has 2 aromatic rings. The summed E-state index contributed by atoms with van der Waals surface area (Å²) in [6.45, 7) is -0.655. The summed E-state index contributed by atoms with van der Waals surface area (Å²) in [6.07, 6.45) is -0.402. The van der Waals surface area contributed by atoms with E-state index in [-0.39, 0.29) is 18.6 Å². The molecule has 0 saturated carbocycles. The summed E-state index contributed by atoms with van der Waals surface area (Å²) in [7, 11) is 5.69. The quantitative estimate of drug-likeness (QED) is 0.121. The van der Waals surface area contributed by atoms with Crippen molar-refractivity contribution >= 4 is 63.8 Å². The Kier molecular flexibility index (Phi) is 13.9. The number of carboxylic acid groups (broad SMARTS) is 2. The molecule has 3 amide bonds. The molecule has 0 fully saturated rings. The Morgan fingerprint density at radius 2 is 1.67 bits per heavy atom. The van der Waals surface area contributed by atoms with Crippen LogP contribution in [0.2, 0.25) is 0 Å². The Labute approximate surface area is 251 Å². The number of nitrogens with one attached hydrogen (secondary N) is 3. The maximum atomic E-state index is 13.3. The van der Waals surface area contributed by atoms with Crippen molar-refractivity contribution in [1.82, 2.24) is 10.6 Å². The zero-order valence-corrected chi connectivity index (χ0v) is 25.5. The molecule has 0 bridgehead atoms. The fourth-order valence-corrected chi connectivity index (χ4v) is 7.85. The predicted octanol–water partition coefficient (Wildman–Crippen LogP) is -0.180. The predicted molar refractivity (Wildman–Crippen MR) is 156 cm³/mol. The number of nitrogens with two attached hydrogens (primary N) is 1. The van der Waals surface area contributed by atoms with E-state index in [1.54, 1.807) is 36.4 Å². The molecule has 42 heavy (non-hydrogen) atoms. The molecule has 2 atom stereocenters. The molecule has 7 N–H and O–H groups in total. The van der Waals surface area contributed by atoms with Crippen LogP contribution in [0.3, 0.4) is 0 Å². The third kappa shape index (κ3) is 10.4. The van der Waals surface area contributed by atoms with E-state index in [2.05, 4.69) is 16.0 Å². The minimum atomic E-state index is -1.27. The molecule has 2 rings (SSSR count). The first-order valence-electron chi connectivity index (χ1n) is 12.3. The van der Waals surface area contributed by atoms with Gasteiger partial charge in [0.2, 0.25) is 0 Å². The molecule has 0 aromatic heterocycles. The van der Waals surface area contributed by atoms with Crippen molar-refractivity contribution in [3.63, 3.8) is 0 Å². The first kappa shape index (κ1) is 34.2. The molecule has 0 aliphatic heterocycles. The van der Waals surface area contributed by atoms with Gasteiger partial charge >= 0.3 is 252 Å². The molecule has 14 nitrogen and oxygen atoms in total. The van der Waals surface area contributed by atoms with E-state index in [4.69, 9.17) is 30.2 Å². The molecule has 0 unspecified atom stereocenters. The van der Waals surface area contributed by atoms with E-state index in [0.717, 1.165) is 0 Å². The van der Waals surface area contributed by atoms with Gasteiger partial charge in [-0.15, -0.1) is 0 Å². The van der Waals surface area contributed by atoms with Gasteiger partial charge in [0.1, 0.15) is 0 Å². The monoisotopic (exact) mass is 672 g/mol. The number of ether oxygens (including phenoxy) is 3. The molecule has 16 heteroatoms. The first-order chi connectivity index (χ1) is 20.0. The molecule has 0 saturated heterocycles. The van der Waals surface area contributed by atoms with Crippen molar-refractivity contribution in [3.8, 4) is 17.2 Å². The molecule has 0 aliphatic rings. The van der Waals surface area contributed by atoms with E-state index in [9.17, 15) is 24.0 Å². The number of amides is 3. The van der Waals surface area contributed by atoms with Crippen molar-refractivity contribution in [3.05, 3.63) is 42.0 Å². The van der Waals surface area contributed by atoms with Gasteiger partial charge < -0.3 is 0 Å². The zero-order chi connectivity index (χ0) is 31.2. The molecule has 0 heterocycles. The van der Waals surface area contributed by atoms with Crippen molar-refractivity contribution < 1.29 is 48.4 Å². The fraction of sp³-hybridized carbons (Fsp3) is 0.346. The molecular formula is C26H32N4O10SSe. The topological polar surface area (TPSA) is 216 Å². The number of carbonyl (C=O) groups excluding carboxylic acids is 3. The van der Waals surface area contributed by atoms with Gasteiger partial charge in [0.05, 0.1) is 0 Å². The summed E-state index contributed by atoms with van der Waals surface area (Å²) in [5.74, 6) is -2.91. The van der Waals surface area contributed by atoms with E-state index < -0.39 is 62.1 Å². The van der Waals surface area contributed by atoms with Crippen molar-refractivity contribution in [2.45, 2.75) is 24.9 Å². The molecule has 0 aliphatic carbocycles. The Hall–Kier alpha value is -3.98. The second-order valence-electron chi connectivity index (χ2n) is 8.44. The van der Waals surface area contributed by atoms with Crippen LogP contribution in [-0.2, 0) is 19.2 Å². The van der Waals surface area contributed by atoms with Gasteiger partial charge in [-0.2, -0.15) is 0 Å². The van der Waals surface area contributed by atoms with Gasteiger partial charge in [-0.3, -0.25) is 0 Å². The van der Waals surface area contributed by atoms with Gasteiger partial charge in [-0.25, -0.2) is 0 Å². The number of hydrogen-bond donors (Lipinski definition) is 6. The summed E-state index contributed by atoms with van der Waals surface area (Å²) in [5, 5.41) is 25.4. The summed E-state index contributed by atoms with van der Waals surface area (Å²) >= 11 is -0.515. The number of benzene rings is 2. The normalized spacial score (nSPS) is 11.9. The first-order valence-corrected chi connectivity index (χ1v) is 16.1. The number of carboxylic acids is 2. The molecular weight excluding hydrogens is 639 g/mol. The van der Waals surface area contributed by atoms with Gasteiger partial charge in [0.15, 0.2) is 0 Å². The summed E-state index contributed by atoms with van der Waals surface area (Å²) in [6, 6.07) is 7.52. The average molecular weight is 672 g/mol. The van der Waals surface area contributed by atoms with Gasteiger partial charge in [0.25, 0.3) is 0 Å². The average Bonchev–Trinajstić information content (AvgIpc) is 2.97. The number of anilines is 1. The number of carbonyl (C=O) groups is 5. The summed E-state index contributed by atoms with van der Waals surface area (Å²) in [5.41, 5.74) is 6.23. The molecule has 228 valence electrons. The number of rotatable bonds is 17. The van der Waals surface area contributed by atoms with Crippen LogP contribution in [0.1, 0.15) is 23.2 Å². The van der Waals surface area contributed by atoms with Gasteiger partial charge in [0, 0.05) is 0 Å². The van der Waals surface area contributed by atoms with Crippen LogP contribution in [-0.4, -0.2) is 99.4 Å². The Morgan fingerprint density at radius 3 is 2.29 bits per heavy atom. The molecule has 0 radical (unpaired) electrons. The second-order valence-corrected chi connectivity index (χ2v) is 12.6.